The highest BCUT2D eigenvalue weighted by Gasteiger charge is 2.17. The van der Waals surface area contributed by atoms with Crippen LogP contribution in [-0.4, -0.2) is 5.16 Å². The van der Waals surface area contributed by atoms with E-state index in [9.17, 15) is 4.79 Å². The molecule has 0 aliphatic heterocycles. The van der Waals surface area contributed by atoms with Crippen molar-refractivity contribution in [2.45, 2.75) is 11.8 Å². The minimum atomic E-state index is -0.470. The summed E-state index contributed by atoms with van der Waals surface area (Å²) in [6.07, 6.45) is 0. The van der Waals surface area contributed by atoms with Gasteiger partial charge in [-0.05, 0) is 18.6 Å². The molecule has 1 aromatic heterocycles. The minimum Gasteiger partial charge on any atom is -0.313 e. The van der Waals surface area contributed by atoms with Crippen LogP contribution >= 0.6 is 27.5 Å². The number of aryl methyl sites for hydroxylation is 1. The summed E-state index contributed by atoms with van der Waals surface area (Å²) in [5.74, 6) is 0. The Morgan fingerprint density at radius 2 is 2.06 bits per heavy atom. The molecule has 1 heterocycles. The van der Waals surface area contributed by atoms with Crippen molar-refractivity contribution in [2.24, 2.45) is 0 Å². The molecule has 2 rings (SSSR count). The molecule has 3 nitrogen and oxygen atoms in total. The lowest BCUT2D eigenvalue weighted by Gasteiger charge is -2.12. The second kappa shape index (κ2) is 5.02. The van der Waals surface area contributed by atoms with E-state index in [1.54, 1.807) is 13.0 Å². The first kappa shape index (κ1) is 12.3. The maximum atomic E-state index is 11.2. The van der Waals surface area contributed by atoms with Crippen molar-refractivity contribution in [1.82, 2.24) is 5.16 Å². The molecule has 0 saturated heterocycles. The molecule has 0 fully saturated rings. The summed E-state index contributed by atoms with van der Waals surface area (Å²) in [6.45, 7) is 1.78. The molecule has 1 aromatic carbocycles. The topological polar surface area (TPSA) is 43.1 Å². The van der Waals surface area contributed by atoms with Gasteiger partial charge in [0.15, 0.2) is 0 Å². The van der Waals surface area contributed by atoms with E-state index in [0.29, 0.717) is 10.7 Å². The van der Waals surface area contributed by atoms with Crippen LogP contribution in [-0.2, 0) is 0 Å². The normalized spacial score (nSPS) is 12.4. The third-order valence-electron chi connectivity index (χ3n) is 2.41. The van der Waals surface area contributed by atoms with Crippen LogP contribution in [0.15, 0.2) is 39.6 Å². The van der Waals surface area contributed by atoms with E-state index in [4.69, 9.17) is 11.6 Å². The number of aromatic nitrogens is 1. The zero-order valence-electron chi connectivity index (χ0n) is 8.98. The smallest absolute Gasteiger partial charge is 0.313 e. The maximum absolute atomic E-state index is 11.2. The van der Waals surface area contributed by atoms with Gasteiger partial charge in [-0.25, -0.2) is 4.79 Å². The second-order valence-electron chi connectivity index (χ2n) is 3.57. The van der Waals surface area contributed by atoms with Gasteiger partial charge in [-0.3, -0.25) is 0 Å². The molecule has 0 N–H and O–H groups in total. The van der Waals surface area contributed by atoms with Crippen LogP contribution in [0.3, 0.4) is 0 Å². The van der Waals surface area contributed by atoms with Crippen LogP contribution in [0, 0.1) is 6.92 Å². The zero-order chi connectivity index (χ0) is 12.4. The summed E-state index contributed by atoms with van der Waals surface area (Å²) in [5, 5.41) is 4.34. The van der Waals surface area contributed by atoms with Crippen LogP contribution < -0.4 is 5.63 Å². The average Bonchev–Trinajstić information content (AvgIpc) is 2.32. The van der Waals surface area contributed by atoms with Crippen molar-refractivity contribution in [1.29, 1.82) is 0 Å². The third kappa shape index (κ3) is 2.58. The first-order valence-electron chi connectivity index (χ1n) is 4.95. The van der Waals surface area contributed by atoms with Gasteiger partial charge in [-0.1, -0.05) is 50.9 Å². The van der Waals surface area contributed by atoms with Crippen molar-refractivity contribution in [3.05, 3.63) is 62.6 Å². The molecule has 2 aromatic rings. The van der Waals surface area contributed by atoms with E-state index in [-0.39, 0.29) is 4.83 Å². The summed E-state index contributed by atoms with van der Waals surface area (Å²) >= 11 is 9.63. The Bertz CT molecular complexity index is 597. The van der Waals surface area contributed by atoms with Gasteiger partial charge < -0.3 is 4.52 Å². The molecule has 0 radical (unpaired) electrons. The molecule has 0 amide bonds. The minimum absolute atomic E-state index is 0.173. The number of rotatable bonds is 2. The van der Waals surface area contributed by atoms with Crippen molar-refractivity contribution in [3.8, 4) is 0 Å². The highest BCUT2D eigenvalue weighted by Crippen LogP contribution is 2.35. The predicted molar refractivity (Wildman–Crippen MR) is 69.7 cm³/mol. The summed E-state index contributed by atoms with van der Waals surface area (Å²) in [4.78, 5) is 11.0. The number of alkyl halides is 1. The fourth-order valence-corrected chi connectivity index (χ4v) is 2.77. The van der Waals surface area contributed by atoms with E-state index < -0.39 is 5.63 Å². The summed E-state index contributed by atoms with van der Waals surface area (Å²) < 4.78 is 4.56. The summed E-state index contributed by atoms with van der Waals surface area (Å²) in [5.41, 5.74) is 1.84. The Hall–Kier alpha value is -1.13. The monoisotopic (exact) mass is 313 g/mol. The van der Waals surface area contributed by atoms with Gasteiger partial charge in [0.25, 0.3) is 0 Å². The first-order chi connectivity index (χ1) is 8.09. The van der Waals surface area contributed by atoms with Gasteiger partial charge in [-0.15, -0.1) is 0 Å². The van der Waals surface area contributed by atoms with Gasteiger partial charge in [0.2, 0.25) is 0 Å². The highest BCUT2D eigenvalue weighted by molar-refractivity contribution is 9.09. The molecule has 0 aliphatic rings. The summed E-state index contributed by atoms with van der Waals surface area (Å²) in [6, 6.07) is 8.87. The van der Waals surface area contributed by atoms with Gasteiger partial charge in [0.1, 0.15) is 0 Å². The quantitative estimate of drug-likeness (QED) is 0.797. The van der Waals surface area contributed by atoms with Gasteiger partial charge in [0, 0.05) is 16.7 Å². The lowest BCUT2D eigenvalue weighted by Crippen LogP contribution is -2.06. The number of halogens is 2. The highest BCUT2D eigenvalue weighted by atomic mass is 79.9. The lowest BCUT2D eigenvalue weighted by molar-refractivity contribution is 0.360. The Kier molecular flexibility index (Phi) is 3.64. The Labute approximate surface area is 112 Å². The number of hydrogen-bond donors (Lipinski definition) is 0. The molecule has 17 heavy (non-hydrogen) atoms. The lowest BCUT2D eigenvalue weighted by atomic mass is 10.0. The standard InChI is InChI=1S/C12H9BrClNO2/c1-7-9(6-11(16)17-15-7)12(13)8-4-2-3-5-10(8)14/h2-6,12H,1H3. The molecule has 1 atom stereocenters. The summed E-state index contributed by atoms with van der Waals surface area (Å²) in [7, 11) is 0. The van der Waals surface area contributed by atoms with E-state index >= 15 is 0 Å². The van der Waals surface area contributed by atoms with Crippen molar-refractivity contribution < 1.29 is 4.52 Å². The predicted octanol–water partition coefficient (Wildman–Crippen LogP) is 3.48. The average molecular weight is 315 g/mol. The number of hydrogen-bond acceptors (Lipinski definition) is 3. The molecular formula is C12H9BrClNO2. The van der Waals surface area contributed by atoms with E-state index in [1.807, 2.05) is 18.2 Å². The first-order valence-corrected chi connectivity index (χ1v) is 6.25. The molecule has 88 valence electrons. The van der Waals surface area contributed by atoms with Crippen molar-refractivity contribution in [2.75, 3.05) is 0 Å². The van der Waals surface area contributed by atoms with Gasteiger partial charge in [0.05, 0.1) is 10.5 Å². The number of nitrogens with zero attached hydrogens (tertiary/aromatic N) is 1. The van der Waals surface area contributed by atoms with Crippen LogP contribution in [0.2, 0.25) is 5.02 Å². The SMILES string of the molecule is Cc1noc(=O)cc1C(Br)c1ccccc1Cl. The van der Waals surface area contributed by atoms with Crippen molar-refractivity contribution >= 4 is 27.5 Å². The van der Waals surface area contributed by atoms with Crippen LogP contribution in [0.4, 0.5) is 0 Å². The molecular weight excluding hydrogens is 305 g/mol. The van der Waals surface area contributed by atoms with E-state index in [0.717, 1.165) is 11.1 Å². The zero-order valence-corrected chi connectivity index (χ0v) is 11.3. The maximum Gasteiger partial charge on any atom is 0.358 e. The van der Waals surface area contributed by atoms with E-state index in [1.165, 1.54) is 6.07 Å². The van der Waals surface area contributed by atoms with Gasteiger partial charge in [-0.2, -0.15) is 0 Å². The fourth-order valence-electron chi connectivity index (χ4n) is 1.53. The largest absolute Gasteiger partial charge is 0.358 e. The van der Waals surface area contributed by atoms with Crippen molar-refractivity contribution in [3.63, 3.8) is 0 Å². The Balaban J connectivity index is 2.51. The molecule has 0 spiro atoms. The molecule has 0 bridgehead atoms. The van der Waals surface area contributed by atoms with Crippen LogP contribution in [0.25, 0.3) is 0 Å². The Morgan fingerprint density at radius 1 is 1.35 bits per heavy atom. The molecule has 5 heteroatoms. The molecule has 0 aliphatic carbocycles. The second-order valence-corrected chi connectivity index (χ2v) is 4.89. The molecule has 0 saturated carbocycles. The molecule has 1 unspecified atom stereocenters. The third-order valence-corrected chi connectivity index (χ3v) is 3.75. The number of benzene rings is 1. The van der Waals surface area contributed by atoms with Gasteiger partial charge >= 0.3 is 5.63 Å². The Morgan fingerprint density at radius 3 is 2.76 bits per heavy atom. The fraction of sp³-hybridized carbons (Fsp3) is 0.167. The van der Waals surface area contributed by atoms with Crippen LogP contribution in [0.1, 0.15) is 21.6 Å². The van der Waals surface area contributed by atoms with E-state index in [2.05, 4.69) is 25.6 Å². The van der Waals surface area contributed by atoms with Crippen LogP contribution in [0.5, 0.6) is 0 Å².